The molecule has 1 rings (SSSR count). The summed E-state index contributed by atoms with van der Waals surface area (Å²) in [5.41, 5.74) is 6.96. The molecule has 0 saturated carbocycles. The Labute approximate surface area is 95.5 Å². The van der Waals surface area contributed by atoms with Crippen LogP contribution < -0.4 is 11.1 Å². The van der Waals surface area contributed by atoms with Gasteiger partial charge in [0.1, 0.15) is 0 Å². The fourth-order valence-corrected chi connectivity index (χ4v) is 1.35. The summed E-state index contributed by atoms with van der Waals surface area (Å²) in [6.45, 7) is 1.79. The number of aliphatic hydroxyl groups excluding tert-OH is 1. The Kier molecular flexibility index (Phi) is 4.95. The van der Waals surface area contributed by atoms with Crippen molar-refractivity contribution >= 4 is 11.6 Å². The van der Waals surface area contributed by atoms with Crippen LogP contribution in [0.1, 0.15) is 25.3 Å². The Balaban J connectivity index is 2.55. The van der Waals surface area contributed by atoms with E-state index in [1.807, 2.05) is 19.1 Å². The van der Waals surface area contributed by atoms with Gasteiger partial charge in [-0.2, -0.15) is 0 Å². The van der Waals surface area contributed by atoms with Gasteiger partial charge < -0.3 is 16.2 Å². The zero-order chi connectivity index (χ0) is 12.0. The van der Waals surface area contributed by atoms with E-state index in [1.54, 1.807) is 12.1 Å². The van der Waals surface area contributed by atoms with Gasteiger partial charge >= 0.3 is 0 Å². The van der Waals surface area contributed by atoms with Gasteiger partial charge in [-0.3, -0.25) is 4.79 Å². The summed E-state index contributed by atoms with van der Waals surface area (Å²) >= 11 is 0. The number of amides is 1. The quantitative estimate of drug-likeness (QED) is 0.701. The van der Waals surface area contributed by atoms with Gasteiger partial charge in [-0.15, -0.1) is 0 Å². The van der Waals surface area contributed by atoms with Gasteiger partial charge in [0.25, 0.3) is 0 Å². The van der Waals surface area contributed by atoms with E-state index in [0.29, 0.717) is 18.5 Å². The first-order valence-corrected chi connectivity index (χ1v) is 5.37. The van der Waals surface area contributed by atoms with Crippen LogP contribution in [0.2, 0.25) is 0 Å². The zero-order valence-electron chi connectivity index (χ0n) is 9.44. The average Bonchev–Trinajstić information content (AvgIpc) is 2.27. The number of hydrogen-bond donors (Lipinski definition) is 3. The van der Waals surface area contributed by atoms with E-state index in [2.05, 4.69) is 5.32 Å². The van der Waals surface area contributed by atoms with Gasteiger partial charge in [0.15, 0.2) is 0 Å². The van der Waals surface area contributed by atoms with Crippen molar-refractivity contribution in [3.05, 3.63) is 29.8 Å². The molecule has 0 aliphatic rings. The number of para-hydroxylation sites is 1. The zero-order valence-corrected chi connectivity index (χ0v) is 9.44. The molecule has 4 nitrogen and oxygen atoms in total. The minimum atomic E-state index is -0.0796. The molecule has 0 heterocycles. The molecule has 16 heavy (non-hydrogen) atoms. The van der Waals surface area contributed by atoms with E-state index in [4.69, 9.17) is 10.8 Å². The summed E-state index contributed by atoms with van der Waals surface area (Å²) in [5, 5.41) is 11.8. The van der Waals surface area contributed by atoms with Gasteiger partial charge in [-0.1, -0.05) is 18.2 Å². The largest absolute Gasteiger partial charge is 0.392 e. The van der Waals surface area contributed by atoms with Crippen LogP contribution in [0.5, 0.6) is 0 Å². The Morgan fingerprint density at radius 1 is 1.50 bits per heavy atom. The normalized spacial score (nSPS) is 12.2. The Morgan fingerprint density at radius 2 is 2.19 bits per heavy atom. The number of carbonyl (C=O) groups is 1. The fourth-order valence-electron chi connectivity index (χ4n) is 1.35. The lowest BCUT2D eigenvalue weighted by Crippen LogP contribution is -2.19. The van der Waals surface area contributed by atoms with E-state index in [1.165, 1.54) is 0 Å². The summed E-state index contributed by atoms with van der Waals surface area (Å²) in [4.78, 5) is 11.5. The second kappa shape index (κ2) is 6.25. The van der Waals surface area contributed by atoms with E-state index in [-0.39, 0.29) is 18.6 Å². The van der Waals surface area contributed by atoms with E-state index in [9.17, 15) is 4.79 Å². The molecule has 1 amide bonds. The van der Waals surface area contributed by atoms with Crippen molar-refractivity contribution < 1.29 is 9.90 Å². The molecule has 88 valence electrons. The Morgan fingerprint density at radius 3 is 2.81 bits per heavy atom. The molecule has 0 fully saturated rings. The van der Waals surface area contributed by atoms with Crippen molar-refractivity contribution in [2.45, 2.75) is 32.4 Å². The molecule has 1 atom stereocenters. The molecule has 1 aromatic carbocycles. The smallest absolute Gasteiger partial charge is 0.224 e. The lowest BCUT2D eigenvalue weighted by atomic mass is 10.1. The minimum Gasteiger partial charge on any atom is -0.392 e. The first-order chi connectivity index (χ1) is 7.63. The van der Waals surface area contributed by atoms with Gasteiger partial charge in [0.05, 0.1) is 6.61 Å². The van der Waals surface area contributed by atoms with Crippen LogP contribution in [-0.4, -0.2) is 17.1 Å². The van der Waals surface area contributed by atoms with Crippen molar-refractivity contribution in [2.24, 2.45) is 5.73 Å². The molecule has 0 aliphatic carbocycles. The minimum absolute atomic E-state index is 0.0267. The first kappa shape index (κ1) is 12.7. The molecule has 0 bridgehead atoms. The van der Waals surface area contributed by atoms with Crippen LogP contribution >= 0.6 is 0 Å². The number of carbonyl (C=O) groups excluding carboxylic acids is 1. The molecule has 0 aliphatic heterocycles. The number of nitrogens with two attached hydrogens (primary N) is 1. The molecule has 4 N–H and O–H groups in total. The average molecular weight is 222 g/mol. The summed E-state index contributed by atoms with van der Waals surface area (Å²) in [5.74, 6) is -0.0711. The van der Waals surface area contributed by atoms with Gasteiger partial charge in [0.2, 0.25) is 5.91 Å². The Bertz CT molecular complexity index is 351. The molecular weight excluding hydrogens is 204 g/mol. The molecule has 1 aromatic rings. The predicted molar refractivity (Wildman–Crippen MR) is 63.9 cm³/mol. The van der Waals surface area contributed by atoms with Gasteiger partial charge in [-0.25, -0.2) is 0 Å². The third-order valence-electron chi connectivity index (χ3n) is 2.29. The predicted octanol–water partition coefficient (Wildman–Crippen LogP) is 1.24. The van der Waals surface area contributed by atoms with Crippen LogP contribution in [0.15, 0.2) is 24.3 Å². The van der Waals surface area contributed by atoms with Crippen LogP contribution in [-0.2, 0) is 11.4 Å². The van der Waals surface area contributed by atoms with Crippen molar-refractivity contribution in [3.63, 3.8) is 0 Å². The van der Waals surface area contributed by atoms with Crippen molar-refractivity contribution in [2.75, 3.05) is 5.32 Å². The maximum absolute atomic E-state index is 11.5. The highest BCUT2D eigenvalue weighted by atomic mass is 16.3. The van der Waals surface area contributed by atoms with Crippen LogP contribution in [0.4, 0.5) is 5.69 Å². The summed E-state index contributed by atoms with van der Waals surface area (Å²) < 4.78 is 0. The topological polar surface area (TPSA) is 75.4 Å². The van der Waals surface area contributed by atoms with Crippen molar-refractivity contribution in [1.29, 1.82) is 0 Å². The SMILES string of the molecule is CC(N)CCC(=O)Nc1ccccc1CO. The maximum Gasteiger partial charge on any atom is 0.224 e. The molecule has 4 heteroatoms. The molecule has 0 saturated heterocycles. The Hall–Kier alpha value is -1.39. The summed E-state index contributed by atoms with van der Waals surface area (Å²) in [6.07, 6.45) is 1.06. The lowest BCUT2D eigenvalue weighted by Gasteiger charge is -2.09. The molecule has 1 unspecified atom stereocenters. The lowest BCUT2D eigenvalue weighted by molar-refractivity contribution is -0.116. The number of anilines is 1. The molecular formula is C12H18N2O2. The maximum atomic E-state index is 11.5. The highest BCUT2D eigenvalue weighted by Gasteiger charge is 2.06. The summed E-state index contributed by atoms with van der Waals surface area (Å²) in [7, 11) is 0. The van der Waals surface area contributed by atoms with Crippen molar-refractivity contribution in [1.82, 2.24) is 0 Å². The number of nitrogens with one attached hydrogen (secondary N) is 1. The van der Waals surface area contributed by atoms with E-state index >= 15 is 0 Å². The number of aliphatic hydroxyl groups is 1. The van der Waals surface area contributed by atoms with E-state index < -0.39 is 0 Å². The highest BCUT2D eigenvalue weighted by molar-refractivity contribution is 5.91. The third-order valence-corrected chi connectivity index (χ3v) is 2.29. The molecule has 0 spiro atoms. The number of hydrogen-bond acceptors (Lipinski definition) is 3. The van der Waals surface area contributed by atoms with Crippen molar-refractivity contribution in [3.8, 4) is 0 Å². The highest BCUT2D eigenvalue weighted by Crippen LogP contribution is 2.15. The first-order valence-electron chi connectivity index (χ1n) is 5.37. The summed E-state index contributed by atoms with van der Waals surface area (Å²) in [6, 6.07) is 7.22. The van der Waals surface area contributed by atoms with Crippen LogP contribution in [0.25, 0.3) is 0 Å². The second-order valence-corrected chi connectivity index (χ2v) is 3.88. The molecule has 0 aromatic heterocycles. The standard InChI is InChI=1S/C12H18N2O2/c1-9(13)6-7-12(16)14-11-5-3-2-4-10(11)8-15/h2-5,9,15H,6-8,13H2,1H3,(H,14,16). The molecule has 0 radical (unpaired) electrons. The van der Waals surface area contributed by atoms with Crippen LogP contribution in [0.3, 0.4) is 0 Å². The van der Waals surface area contributed by atoms with Crippen LogP contribution in [0, 0.1) is 0 Å². The number of benzene rings is 1. The van der Waals surface area contributed by atoms with Gasteiger partial charge in [0, 0.05) is 23.7 Å². The van der Waals surface area contributed by atoms with E-state index in [0.717, 1.165) is 5.56 Å². The number of rotatable bonds is 5. The fraction of sp³-hybridized carbons (Fsp3) is 0.417. The third kappa shape index (κ3) is 4.00. The second-order valence-electron chi connectivity index (χ2n) is 3.88. The van der Waals surface area contributed by atoms with Gasteiger partial charge in [-0.05, 0) is 19.4 Å². The monoisotopic (exact) mass is 222 g/mol.